The second-order valence-corrected chi connectivity index (χ2v) is 6.09. The van der Waals surface area contributed by atoms with E-state index in [0.717, 1.165) is 11.1 Å². The summed E-state index contributed by atoms with van der Waals surface area (Å²) in [5.41, 5.74) is 2.95. The molecule has 0 heterocycles. The SMILES string of the molecule is Cc1ccc(NC(=O)/C(C#N)=C/c2cc(Cl)c(O)c(Cl)c2)c(C)c1. The highest BCUT2D eigenvalue weighted by atomic mass is 35.5. The Kier molecular flexibility index (Phi) is 5.50. The molecule has 0 aliphatic rings. The van der Waals surface area contributed by atoms with Crippen LogP contribution in [0.25, 0.3) is 6.08 Å². The number of anilines is 1. The van der Waals surface area contributed by atoms with Crippen LogP contribution in [0.4, 0.5) is 5.69 Å². The van der Waals surface area contributed by atoms with Gasteiger partial charge in [0, 0.05) is 5.69 Å². The van der Waals surface area contributed by atoms with Crippen molar-refractivity contribution in [1.82, 2.24) is 0 Å². The minimum atomic E-state index is -0.537. The third-order valence-electron chi connectivity index (χ3n) is 3.35. The van der Waals surface area contributed by atoms with Gasteiger partial charge >= 0.3 is 0 Å². The molecule has 0 bridgehead atoms. The number of rotatable bonds is 3. The van der Waals surface area contributed by atoms with Crippen LogP contribution in [0.15, 0.2) is 35.9 Å². The lowest BCUT2D eigenvalue weighted by Gasteiger charge is -2.09. The lowest BCUT2D eigenvalue weighted by atomic mass is 10.1. The molecule has 0 spiro atoms. The third-order valence-corrected chi connectivity index (χ3v) is 3.92. The second-order valence-electron chi connectivity index (χ2n) is 5.28. The number of halogens is 2. The third kappa shape index (κ3) is 4.08. The zero-order valence-corrected chi connectivity index (χ0v) is 14.5. The van der Waals surface area contributed by atoms with E-state index in [1.165, 1.54) is 18.2 Å². The number of carbonyl (C=O) groups excluding carboxylic acids is 1. The maximum absolute atomic E-state index is 12.3. The van der Waals surface area contributed by atoms with Crippen molar-refractivity contribution in [3.63, 3.8) is 0 Å². The van der Waals surface area contributed by atoms with E-state index in [1.807, 2.05) is 32.0 Å². The number of aryl methyl sites for hydroxylation is 2. The molecule has 0 aromatic heterocycles. The minimum Gasteiger partial charge on any atom is -0.505 e. The van der Waals surface area contributed by atoms with E-state index in [1.54, 1.807) is 6.07 Å². The number of phenols is 1. The van der Waals surface area contributed by atoms with Gasteiger partial charge in [0.05, 0.1) is 10.0 Å². The van der Waals surface area contributed by atoms with Gasteiger partial charge in [-0.25, -0.2) is 0 Å². The van der Waals surface area contributed by atoms with E-state index in [9.17, 15) is 15.2 Å². The minimum absolute atomic E-state index is 0.0424. The van der Waals surface area contributed by atoms with Crippen molar-refractivity contribution < 1.29 is 9.90 Å². The number of nitrogens with one attached hydrogen (secondary N) is 1. The van der Waals surface area contributed by atoms with E-state index in [0.29, 0.717) is 11.3 Å². The molecule has 0 aliphatic carbocycles. The number of phenolic OH excluding ortho intramolecular Hbond substituents is 1. The molecule has 2 aromatic rings. The molecule has 0 radical (unpaired) electrons. The first-order chi connectivity index (χ1) is 11.3. The van der Waals surface area contributed by atoms with E-state index >= 15 is 0 Å². The molecule has 2 N–H and O–H groups in total. The molecule has 6 heteroatoms. The number of nitriles is 1. The van der Waals surface area contributed by atoms with Gasteiger partial charge in [0.25, 0.3) is 5.91 Å². The molecule has 0 saturated heterocycles. The van der Waals surface area contributed by atoms with Crippen LogP contribution in [0.1, 0.15) is 16.7 Å². The topological polar surface area (TPSA) is 73.1 Å². The Balaban J connectivity index is 2.31. The monoisotopic (exact) mass is 360 g/mol. The Morgan fingerprint density at radius 3 is 2.38 bits per heavy atom. The van der Waals surface area contributed by atoms with Crippen LogP contribution >= 0.6 is 23.2 Å². The molecule has 0 atom stereocenters. The lowest BCUT2D eigenvalue weighted by Crippen LogP contribution is -2.14. The first kappa shape index (κ1) is 17.9. The normalized spacial score (nSPS) is 11.0. The average Bonchev–Trinajstić information content (AvgIpc) is 2.52. The standard InChI is InChI=1S/C18H14Cl2N2O2/c1-10-3-4-16(11(2)5-10)22-18(24)13(9-21)6-12-7-14(19)17(23)15(20)8-12/h3-8,23H,1-2H3,(H,22,24)/b13-6+. The maximum Gasteiger partial charge on any atom is 0.266 e. The Morgan fingerprint density at radius 1 is 1.21 bits per heavy atom. The van der Waals surface area contributed by atoms with Crippen LogP contribution < -0.4 is 5.32 Å². The average molecular weight is 361 g/mol. The predicted molar refractivity (Wildman–Crippen MR) is 96.3 cm³/mol. The highest BCUT2D eigenvalue weighted by Crippen LogP contribution is 2.33. The molecule has 0 aliphatic heterocycles. The van der Waals surface area contributed by atoms with Crippen molar-refractivity contribution >= 4 is 40.9 Å². The molecular formula is C18H14Cl2N2O2. The Labute approximate surface area is 149 Å². The summed E-state index contributed by atoms with van der Waals surface area (Å²) >= 11 is 11.7. The van der Waals surface area contributed by atoms with Crippen molar-refractivity contribution in [2.75, 3.05) is 5.32 Å². The molecule has 24 heavy (non-hydrogen) atoms. The number of aromatic hydroxyl groups is 1. The Bertz CT molecular complexity index is 860. The van der Waals surface area contributed by atoms with Gasteiger partial charge in [-0.05, 0) is 49.2 Å². The van der Waals surface area contributed by atoms with Gasteiger partial charge in [0.15, 0.2) is 5.75 Å². The first-order valence-electron chi connectivity index (χ1n) is 7.00. The van der Waals surface area contributed by atoms with E-state index in [2.05, 4.69) is 5.32 Å². The van der Waals surface area contributed by atoms with Crippen molar-refractivity contribution in [3.05, 3.63) is 62.6 Å². The largest absolute Gasteiger partial charge is 0.505 e. The van der Waals surface area contributed by atoms with Gasteiger partial charge < -0.3 is 10.4 Å². The highest BCUT2D eigenvalue weighted by Gasteiger charge is 2.12. The van der Waals surface area contributed by atoms with E-state index in [4.69, 9.17) is 23.2 Å². The number of amides is 1. The van der Waals surface area contributed by atoms with Gasteiger partial charge in [-0.15, -0.1) is 0 Å². The van der Waals surface area contributed by atoms with Crippen LogP contribution in [-0.4, -0.2) is 11.0 Å². The fraction of sp³-hybridized carbons (Fsp3) is 0.111. The molecule has 1 amide bonds. The number of nitrogens with zero attached hydrogens (tertiary/aromatic N) is 1. The molecule has 2 aromatic carbocycles. The number of carbonyl (C=O) groups is 1. The Morgan fingerprint density at radius 2 is 1.83 bits per heavy atom. The summed E-state index contributed by atoms with van der Waals surface area (Å²) < 4.78 is 0. The summed E-state index contributed by atoms with van der Waals surface area (Å²) in [5.74, 6) is -0.779. The Hall–Kier alpha value is -2.48. The van der Waals surface area contributed by atoms with Crippen LogP contribution in [0.5, 0.6) is 5.75 Å². The summed E-state index contributed by atoms with van der Waals surface area (Å²) in [5, 5.41) is 21.6. The molecule has 0 fully saturated rings. The van der Waals surface area contributed by atoms with E-state index in [-0.39, 0.29) is 21.4 Å². The van der Waals surface area contributed by atoms with Crippen LogP contribution in [0.2, 0.25) is 10.0 Å². The quantitative estimate of drug-likeness (QED) is 0.606. The first-order valence-corrected chi connectivity index (χ1v) is 7.76. The van der Waals surface area contributed by atoms with Gasteiger partial charge in [-0.3, -0.25) is 4.79 Å². The molecule has 0 unspecified atom stereocenters. The van der Waals surface area contributed by atoms with Crippen molar-refractivity contribution in [1.29, 1.82) is 5.26 Å². The molecule has 2 rings (SSSR count). The number of hydrogen-bond acceptors (Lipinski definition) is 3. The molecule has 122 valence electrons. The highest BCUT2D eigenvalue weighted by molar-refractivity contribution is 6.37. The van der Waals surface area contributed by atoms with Gasteiger partial charge in [0.2, 0.25) is 0 Å². The maximum atomic E-state index is 12.3. The summed E-state index contributed by atoms with van der Waals surface area (Å²) in [4.78, 5) is 12.3. The number of benzene rings is 2. The smallest absolute Gasteiger partial charge is 0.266 e. The summed E-state index contributed by atoms with van der Waals surface area (Å²) in [7, 11) is 0. The van der Waals surface area contributed by atoms with Crippen molar-refractivity contribution in [2.45, 2.75) is 13.8 Å². The molecule has 0 saturated carbocycles. The van der Waals surface area contributed by atoms with Crippen molar-refractivity contribution in [3.8, 4) is 11.8 Å². The zero-order chi connectivity index (χ0) is 17.9. The fourth-order valence-corrected chi connectivity index (χ4v) is 2.63. The van der Waals surface area contributed by atoms with E-state index < -0.39 is 5.91 Å². The fourth-order valence-electron chi connectivity index (χ4n) is 2.13. The lowest BCUT2D eigenvalue weighted by molar-refractivity contribution is -0.112. The predicted octanol–water partition coefficient (Wildman–Crippen LogP) is 4.86. The summed E-state index contributed by atoms with van der Waals surface area (Å²) in [6.07, 6.45) is 1.36. The zero-order valence-electron chi connectivity index (χ0n) is 13.0. The van der Waals surface area contributed by atoms with Crippen LogP contribution in [0.3, 0.4) is 0 Å². The second kappa shape index (κ2) is 7.39. The summed E-state index contributed by atoms with van der Waals surface area (Å²) in [6, 6.07) is 10.3. The summed E-state index contributed by atoms with van der Waals surface area (Å²) in [6.45, 7) is 3.83. The van der Waals surface area contributed by atoms with Crippen LogP contribution in [-0.2, 0) is 4.79 Å². The van der Waals surface area contributed by atoms with Gasteiger partial charge in [-0.1, -0.05) is 40.9 Å². The number of hydrogen-bond donors (Lipinski definition) is 2. The van der Waals surface area contributed by atoms with Gasteiger partial charge in [0.1, 0.15) is 11.6 Å². The molecular weight excluding hydrogens is 347 g/mol. The van der Waals surface area contributed by atoms with Crippen LogP contribution in [0, 0.1) is 25.2 Å². The molecule has 4 nitrogen and oxygen atoms in total. The van der Waals surface area contributed by atoms with Gasteiger partial charge in [-0.2, -0.15) is 5.26 Å². The van der Waals surface area contributed by atoms with Crippen molar-refractivity contribution in [2.24, 2.45) is 0 Å².